The predicted molar refractivity (Wildman–Crippen MR) is 59.7 cm³/mol. The quantitative estimate of drug-likeness (QED) is 0.844. The first-order valence-corrected chi connectivity index (χ1v) is 5.30. The maximum absolute atomic E-state index is 13.3. The lowest BCUT2D eigenvalue weighted by molar-refractivity contribution is 0.0938. The van der Waals surface area contributed by atoms with E-state index in [4.69, 9.17) is 5.11 Å². The summed E-state index contributed by atoms with van der Waals surface area (Å²) in [4.78, 5) is 11.6. The van der Waals surface area contributed by atoms with Crippen molar-refractivity contribution in [2.45, 2.75) is 13.8 Å². The normalized spacial score (nSPS) is 12.3. The molecule has 0 spiro atoms. The third-order valence-corrected chi connectivity index (χ3v) is 2.42. The van der Waals surface area contributed by atoms with Gasteiger partial charge in [-0.15, -0.1) is 0 Å². The lowest BCUT2D eigenvalue weighted by atomic mass is 10.1. The average Bonchev–Trinajstić information content (AvgIpc) is 2.30. The first-order chi connectivity index (χ1) is 7.95. The van der Waals surface area contributed by atoms with Gasteiger partial charge in [0.15, 0.2) is 0 Å². The molecule has 0 saturated carbocycles. The first kappa shape index (κ1) is 13.6. The van der Waals surface area contributed by atoms with Gasteiger partial charge >= 0.3 is 0 Å². The molecule has 0 aromatic heterocycles. The number of halogens is 2. The van der Waals surface area contributed by atoms with E-state index in [0.717, 1.165) is 0 Å². The second-order valence-electron chi connectivity index (χ2n) is 4.08. The topological polar surface area (TPSA) is 49.3 Å². The van der Waals surface area contributed by atoms with Crippen molar-refractivity contribution in [2.75, 3.05) is 13.2 Å². The van der Waals surface area contributed by atoms with Gasteiger partial charge in [0.2, 0.25) is 0 Å². The van der Waals surface area contributed by atoms with Gasteiger partial charge in [-0.2, -0.15) is 0 Å². The molecule has 0 bridgehead atoms. The first-order valence-electron chi connectivity index (χ1n) is 5.30. The molecule has 1 aromatic carbocycles. The summed E-state index contributed by atoms with van der Waals surface area (Å²) in [6, 6.07) is 1.86. The van der Waals surface area contributed by atoms with E-state index in [0.29, 0.717) is 6.07 Å². The van der Waals surface area contributed by atoms with Crippen LogP contribution in [0.2, 0.25) is 0 Å². The third kappa shape index (κ3) is 3.49. The Balaban J connectivity index is 2.79. The molecule has 0 radical (unpaired) electrons. The van der Waals surface area contributed by atoms with Crippen LogP contribution in [0.5, 0.6) is 0 Å². The molecular formula is C12H15F2NO2. The van der Waals surface area contributed by atoms with Crippen LogP contribution in [0.3, 0.4) is 0 Å². The van der Waals surface area contributed by atoms with Crippen molar-refractivity contribution < 1.29 is 18.7 Å². The number of hydrogen-bond acceptors (Lipinski definition) is 2. The summed E-state index contributed by atoms with van der Waals surface area (Å²) in [6.07, 6.45) is 0. The molecule has 2 N–H and O–H groups in total. The fourth-order valence-electron chi connectivity index (χ4n) is 1.26. The fourth-order valence-corrected chi connectivity index (χ4v) is 1.26. The van der Waals surface area contributed by atoms with Crippen molar-refractivity contribution in [2.24, 2.45) is 5.92 Å². The molecule has 0 saturated heterocycles. The smallest absolute Gasteiger partial charge is 0.254 e. The molecule has 1 unspecified atom stereocenters. The van der Waals surface area contributed by atoms with E-state index in [1.54, 1.807) is 6.92 Å². The molecule has 5 heteroatoms. The van der Waals surface area contributed by atoms with E-state index in [1.165, 1.54) is 13.0 Å². The Kier molecular flexibility index (Phi) is 4.57. The van der Waals surface area contributed by atoms with Gasteiger partial charge in [0.1, 0.15) is 11.6 Å². The lowest BCUT2D eigenvalue weighted by Gasteiger charge is -2.10. The van der Waals surface area contributed by atoms with Gasteiger partial charge in [-0.3, -0.25) is 4.79 Å². The van der Waals surface area contributed by atoms with Crippen molar-refractivity contribution in [3.63, 3.8) is 0 Å². The molecule has 0 aliphatic rings. The minimum Gasteiger partial charge on any atom is -0.396 e. The Morgan fingerprint density at radius 1 is 1.41 bits per heavy atom. The number of aliphatic hydroxyl groups is 1. The van der Waals surface area contributed by atoms with Crippen LogP contribution < -0.4 is 5.32 Å². The van der Waals surface area contributed by atoms with Crippen molar-refractivity contribution in [1.82, 2.24) is 5.32 Å². The number of aryl methyl sites for hydroxylation is 1. The summed E-state index contributed by atoms with van der Waals surface area (Å²) >= 11 is 0. The molecule has 17 heavy (non-hydrogen) atoms. The van der Waals surface area contributed by atoms with E-state index in [-0.39, 0.29) is 30.2 Å². The lowest BCUT2D eigenvalue weighted by Crippen LogP contribution is -2.30. The van der Waals surface area contributed by atoms with Gasteiger partial charge in [-0.25, -0.2) is 8.78 Å². The van der Waals surface area contributed by atoms with Gasteiger partial charge in [-0.05, 0) is 24.5 Å². The predicted octanol–water partition coefficient (Wildman–Crippen LogP) is 1.63. The molecule has 1 aromatic rings. The molecule has 0 fully saturated rings. The highest BCUT2D eigenvalue weighted by molar-refractivity contribution is 5.94. The van der Waals surface area contributed by atoms with Crippen LogP contribution in [0.15, 0.2) is 12.1 Å². The summed E-state index contributed by atoms with van der Waals surface area (Å²) in [5, 5.41) is 11.3. The Hall–Kier alpha value is -1.49. The summed E-state index contributed by atoms with van der Waals surface area (Å²) in [6.45, 7) is 3.38. The highest BCUT2D eigenvalue weighted by Gasteiger charge is 2.14. The summed E-state index contributed by atoms with van der Waals surface area (Å²) < 4.78 is 26.3. The number of aliphatic hydroxyl groups excluding tert-OH is 1. The average molecular weight is 243 g/mol. The van der Waals surface area contributed by atoms with Crippen molar-refractivity contribution in [3.05, 3.63) is 34.9 Å². The SMILES string of the molecule is Cc1cc(C(=O)NCC(C)CO)c(F)cc1F. The second-order valence-corrected chi connectivity index (χ2v) is 4.08. The van der Waals surface area contributed by atoms with Gasteiger partial charge in [0, 0.05) is 19.2 Å². The van der Waals surface area contributed by atoms with E-state index < -0.39 is 17.5 Å². The molecule has 0 aliphatic heterocycles. The summed E-state index contributed by atoms with van der Waals surface area (Å²) in [5.41, 5.74) is 0.0285. The van der Waals surface area contributed by atoms with E-state index >= 15 is 0 Å². The number of amides is 1. The van der Waals surface area contributed by atoms with Crippen LogP contribution in [0, 0.1) is 24.5 Å². The van der Waals surface area contributed by atoms with Gasteiger partial charge in [0.05, 0.1) is 5.56 Å². The van der Waals surface area contributed by atoms with Gasteiger partial charge < -0.3 is 10.4 Å². The van der Waals surface area contributed by atoms with Crippen molar-refractivity contribution in [1.29, 1.82) is 0 Å². The van der Waals surface area contributed by atoms with Crippen LogP contribution in [0.1, 0.15) is 22.8 Å². The van der Waals surface area contributed by atoms with Crippen LogP contribution in [-0.4, -0.2) is 24.2 Å². The second kappa shape index (κ2) is 5.72. The Morgan fingerprint density at radius 2 is 2.06 bits per heavy atom. The Morgan fingerprint density at radius 3 is 2.65 bits per heavy atom. The van der Waals surface area contributed by atoms with Gasteiger partial charge in [0.25, 0.3) is 5.91 Å². The fraction of sp³-hybridized carbons (Fsp3) is 0.417. The number of rotatable bonds is 4. The van der Waals surface area contributed by atoms with Gasteiger partial charge in [-0.1, -0.05) is 6.92 Å². The summed E-state index contributed by atoms with van der Waals surface area (Å²) in [5.74, 6) is -2.28. The molecule has 94 valence electrons. The van der Waals surface area contributed by atoms with Crippen molar-refractivity contribution in [3.8, 4) is 0 Å². The van der Waals surface area contributed by atoms with E-state index in [9.17, 15) is 13.6 Å². The van der Waals surface area contributed by atoms with Crippen LogP contribution in [0.4, 0.5) is 8.78 Å². The Labute approximate surface area is 98.5 Å². The molecule has 3 nitrogen and oxygen atoms in total. The zero-order chi connectivity index (χ0) is 13.0. The highest BCUT2D eigenvalue weighted by atomic mass is 19.1. The monoisotopic (exact) mass is 243 g/mol. The van der Waals surface area contributed by atoms with Crippen LogP contribution in [0.25, 0.3) is 0 Å². The van der Waals surface area contributed by atoms with E-state index in [1.807, 2.05) is 0 Å². The summed E-state index contributed by atoms with van der Waals surface area (Å²) in [7, 11) is 0. The number of carbonyl (C=O) groups is 1. The minimum absolute atomic E-state index is 0.0643. The zero-order valence-electron chi connectivity index (χ0n) is 9.76. The molecule has 1 rings (SSSR count). The number of nitrogens with one attached hydrogen (secondary N) is 1. The van der Waals surface area contributed by atoms with Crippen molar-refractivity contribution >= 4 is 5.91 Å². The minimum atomic E-state index is -0.887. The molecule has 1 atom stereocenters. The number of hydrogen-bond donors (Lipinski definition) is 2. The highest BCUT2D eigenvalue weighted by Crippen LogP contribution is 2.14. The number of benzene rings is 1. The number of carbonyl (C=O) groups excluding carboxylic acids is 1. The van der Waals surface area contributed by atoms with Crippen LogP contribution in [-0.2, 0) is 0 Å². The largest absolute Gasteiger partial charge is 0.396 e. The zero-order valence-corrected chi connectivity index (χ0v) is 9.76. The maximum atomic E-state index is 13.3. The molecule has 1 amide bonds. The molecule has 0 aliphatic carbocycles. The Bertz CT molecular complexity index is 421. The third-order valence-electron chi connectivity index (χ3n) is 2.42. The molecular weight excluding hydrogens is 228 g/mol. The molecule has 0 heterocycles. The van der Waals surface area contributed by atoms with Crippen LogP contribution >= 0.6 is 0 Å². The van der Waals surface area contributed by atoms with E-state index in [2.05, 4.69) is 5.32 Å². The standard InChI is InChI=1S/C12H15F2NO2/c1-7(6-16)5-15-12(17)9-3-8(2)10(13)4-11(9)14/h3-4,7,16H,5-6H2,1-2H3,(H,15,17). The maximum Gasteiger partial charge on any atom is 0.254 e.